The summed E-state index contributed by atoms with van der Waals surface area (Å²) in [6, 6.07) is 9.13. The summed E-state index contributed by atoms with van der Waals surface area (Å²) >= 11 is 0. The maximum absolute atomic E-state index is 12.2. The van der Waals surface area contributed by atoms with Gasteiger partial charge < -0.3 is 4.43 Å². The van der Waals surface area contributed by atoms with Crippen molar-refractivity contribution in [2.24, 2.45) is 0 Å². The highest BCUT2D eigenvalue weighted by atomic mass is 28.4. The first-order valence-electron chi connectivity index (χ1n) is 8.48. The fourth-order valence-corrected chi connectivity index (χ4v) is 3.54. The molecule has 0 aliphatic heterocycles. The standard InChI is InChI=1S/C19H32N2O2Si/c1-8-12-17(15(2)23-24(6,7)19(3,4)5)20-21-18(22)16-13-10-9-11-14-16/h8-11,13-15,17,20H,1,12H2,2-7H3,(H,21,22)/t15-,17+/m0/s1. The molecule has 0 aliphatic rings. The average molecular weight is 349 g/mol. The van der Waals surface area contributed by atoms with Crippen molar-refractivity contribution in [3.63, 3.8) is 0 Å². The first kappa shape index (κ1) is 20.6. The third-order valence-electron chi connectivity index (χ3n) is 4.68. The van der Waals surface area contributed by atoms with Crippen LogP contribution in [0.3, 0.4) is 0 Å². The number of hydrogen-bond donors (Lipinski definition) is 2. The molecule has 0 fully saturated rings. The van der Waals surface area contributed by atoms with Crippen LogP contribution in [0, 0.1) is 0 Å². The van der Waals surface area contributed by atoms with Gasteiger partial charge in [-0.25, -0.2) is 5.43 Å². The SMILES string of the molecule is C=CC[C@@H](NNC(=O)c1ccccc1)[C@H](C)O[Si](C)(C)C(C)(C)C. The predicted octanol–water partition coefficient (Wildman–Crippen LogP) is 4.28. The molecule has 0 aliphatic carbocycles. The van der Waals surface area contributed by atoms with Gasteiger partial charge >= 0.3 is 0 Å². The van der Waals surface area contributed by atoms with Gasteiger partial charge in [-0.1, -0.05) is 45.0 Å². The van der Waals surface area contributed by atoms with E-state index in [0.29, 0.717) is 12.0 Å². The van der Waals surface area contributed by atoms with Crippen molar-refractivity contribution >= 4 is 14.2 Å². The van der Waals surface area contributed by atoms with Gasteiger partial charge in [0.2, 0.25) is 0 Å². The van der Waals surface area contributed by atoms with E-state index in [9.17, 15) is 4.79 Å². The minimum absolute atomic E-state index is 0.0238. The van der Waals surface area contributed by atoms with Gasteiger partial charge in [0, 0.05) is 5.56 Å². The van der Waals surface area contributed by atoms with Gasteiger partial charge in [-0.3, -0.25) is 10.2 Å². The Balaban J connectivity index is 2.69. The second kappa shape index (κ2) is 8.60. The third-order valence-corrected chi connectivity index (χ3v) is 9.25. The Bertz CT molecular complexity index is 538. The van der Waals surface area contributed by atoms with Crippen LogP contribution >= 0.6 is 0 Å². The van der Waals surface area contributed by atoms with E-state index in [4.69, 9.17) is 4.43 Å². The molecule has 0 saturated heterocycles. The summed E-state index contributed by atoms with van der Waals surface area (Å²) in [5.41, 5.74) is 6.53. The van der Waals surface area contributed by atoms with E-state index in [0.717, 1.165) is 0 Å². The number of carbonyl (C=O) groups excluding carboxylic acids is 1. The monoisotopic (exact) mass is 348 g/mol. The lowest BCUT2D eigenvalue weighted by Crippen LogP contribution is -2.53. The molecule has 4 nitrogen and oxygen atoms in total. The fourth-order valence-electron chi connectivity index (χ4n) is 2.09. The molecule has 5 heteroatoms. The molecule has 1 aromatic rings. The van der Waals surface area contributed by atoms with Crippen LogP contribution in [0.2, 0.25) is 18.1 Å². The van der Waals surface area contributed by atoms with Crippen molar-refractivity contribution in [2.75, 3.05) is 0 Å². The Kier molecular flexibility index (Phi) is 7.39. The largest absolute Gasteiger partial charge is 0.413 e. The van der Waals surface area contributed by atoms with Gasteiger partial charge in [-0.2, -0.15) is 0 Å². The van der Waals surface area contributed by atoms with Crippen molar-refractivity contribution in [3.05, 3.63) is 48.6 Å². The van der Waals surface area contributed by atoms with Crippen LogP contribution in [-0.4, -0.2) is 26.4 Å². The predicted molar refractivity (Wildman–Crippen MR) is 103 cm³/mol. The van der Waals surface area contributed by atoms with E-state index in [-0.39, 0.29) is 23.1 Å². The summed E-state index contributed by atoms with van der Waals surface area (Å²) in [6.45, 7) is 17.0. The van der Waals surface area contributed by atoms with Gasteiger partial charge in [0.05, 0.1) is 12.1 Å². The quantitative estimate of drug-likeness (QED) is 0.419. The summed E-state index contributed by atoms with van der Waals surface area (Å²) < 4.78 is 6.43. The van der Waals surface area contributed by atoms with Crippen LogP contribution in [-0.2, 0) is 4.43 Å². The van der Waals surface area contributed by atoms with Gasteiger partial charge in [0.1, 0.15) is 0 Å². The normalized spacial score (nSPS) is 14.8. The lowest BCUT2D eigenvalue weighted by Gasteiger charge is -2.40. The summed E-state index contributed by atoms with van der Waals surface area (Å²) in [4.78, 5) is 12.2. The Morgan fingerprint density at radius 2 is 1.88 bits per heavy atom. The van der Waals surface area contributed by atoms with Crippen LogP contribution in [0.4, 0.5) is 0 Å². The molecule has 1 rings (SSSR count). The highest BCUT2D eigenvalue weighted by Crippen LogP contribution is 2.37. The number of amides is 1. The second-order valence-corrected chi connectivity index (χ2v) is 12.4. The van der Waals surface area contributed by atoms with Gasteiger partial charge in [0.25, 0.3) is 5.91 Å². The molecule has 0 heterocycles. The Labute approximate surface area is 147 Å². The highest BCUT2D eigenvalue weighted by Gasteiger charge is 2.39. The number of nitrogens with one attached hydrogen (secondary N) is 2. The van der Waals surface area contributed by atoms with E-state index < -0.39 is 8.32 Å². The molecular weight excluding hydrogens is 316 g/mol. The summed E-state index contributed by atoms with van der Waals surface area (Å²) in [5.74, 6) is -0.149. The van der Waals surface area contributed by atoms with E-state index in [2.05, 4.69) is 58.2 Å². The van der Waals surface area contributed by atoms with Crippen molar-refractivity contribution in [2.45, 2.75) is 64.4 Å². The van der Waals surface area contributed by atoms with E-state index >= 15 is 0 Å². The molecule has 0 unspecified atom stereocenters. The first-order valence-corrected chi connectivity index (χ1v) is 11.4. The minimum atomic E-state index is -1.87. The van der Waals surface area contributed by atoms with Crippen molar-refractivity contribution < 1.29 is 9.22 Å². The molecule has 134 valence electrons. The molecule has 0 spiro atoms. The average Bonchev–Trinajstić information content (AvgIpc) is 2.50. The Morgan fingerprint density at radius 3 is 2.38 bits per heavy atom. The zero-order valence-corrected chi connectivity index (χ0v) is 16.8. The highest BCUT2D eigenvalue weighted by molar-refractivity contribution is 6.74. The van der Waals surface area contributed by atoms with Gasteiger partial charge in [-0.15, -0.1) is 6.58 Å². The van der Waals surface area contributed by atoms with E-state index in [1.165, 1.54) is 0 Å². The van der Waals surface area contributed by atoms with Gasteiger partial charge in [0.15, 0.2) is 8.32 Å². The molecule has 0 radical (unpaired) electrons. The lowest BCUT2D eigenvalue weighted by molar-refractivity contribution is 0.0889. The van der Waals surface area contributed by atoms with Gasteiger partial charge in [-0.05, 0) is 43.6 Å². The van der Waals surface area contributed by atoms with E-state index in [1.54, 1.807) is 12.1 Å². The lowest BCUT2D eigenvalue weighted by atomic mass is 10.1. The second-order valence-electron chi connectivity index (χ2n) is 7.68. The van der Waals surface area contributed by atoms with Crippen molar-refractivity contribution in [3.8, 4) is 0 Å². The molecule has 1 aromatic carbocycles. The van der Waals surface area contributed by atoms with Crippen molar-refractivity contribution in [1.29, 1.82) is 0 Å². The molecule has 2 atom stereocenters. The van der Waals surface area contributed by atoms with Crippen LogP contribution in [0.15, 0.2) is 43.0 Å². The topological polar surface area (TPSA) is 50.4 Å². The maximum Gasteiger partial charge on any atom is 0.265 e. The number of hydrazine groups is 1. The van der Waals surface area contributed by atoms with Crippen LogP contribution in [0.25, 0.3) is 0 Å². The number of hydrogen-bond acceptors (Lipinski definition) is 3. The maximum atomic E-state index is 12.2. The van der Waals surface area contributed by atoms with Crippen LogP contribution < -0.4 is 10.9 Å². The first-order chi connectivity index (χ1) is 11.1. The molecule has 24 heavy (non-hydrogen) atoms. The molecule has 0 aromatic heterocycles. The summed E-state index contributed by atoms with van der Waals surface area (Å²) in [7, 11) is -1.87. The van der Waals surface area contributed by atoms with E-state index in [1.807, 2.05) is 24.3 Å². The smallest absolute Gasteiger partial charge is 0.265 e. The van der Waals surface area contributed by atoms with Crippen molar-refractivity contribution in [1.82, 2.24) is 10.9 Å². The Morgan fingerprint density at radius 1 is 1.29 bits per heavy atom. The minimum Gasteiger partial charge on any atom is -0.413 e. The third kappa shape index (κ3) is 5.89. The van der Waals surface area contributed by atoms with Crippen LogP contribution in [0.1, 0.15) is 44.5 Å². The fraction of sp³-hybridized carbons (Fsp3) is 0.526. The summed E-state index contributed by atoms with van der Waals surface area (Å²) in [6.07, 6.45) is 2.53. The molecular formula is C19H32N2O2Si. The number of rotatable bonds is 8. The zero-order valence-electron chi connectivity index (χ0n) is 15.8. The zero-order chi connectivity index (χ0) is 18.4. The molecule has 1 amide bonds. The molecule has 2 N–H and O–H groups in total. The summed E-state index contributed by atoms with van der Waals surface area (Å²) in [5, 5.41) is 0.146. The van der Waals surface area contributed by atoms with Crippen LogP contribution in [0.5, 0.6) is 0 Å². The molecule has 0 bridgehead atoms. The molecule has 0 saturated carbocycles. The Hall–Kier alpha value is -1.43. The number of carbonyl (C=O) groups is 1. The number of benzene rings is 1.